The molecule has 1 fully saturated rings. The van der Waals surface area contributed by atoms with Gasteiger partial charge in [0.05, 0.1) is 5.69 Å². The normalized spacial score (nSPS) is 15.1. The van der Waals surface area contributed by atoms with E-state index in [0.717, 1.165) is 61.2 Å². The summed E-state index contributed by atoms with van der Waals surface area (Å²) < 4.78 is 1.73. The van der Waals surface area contributed by atoms with Crippen molar-refractivity contribution in [3.63, 3.8) is 0 Å². The second kappa shape index (κ2) is 9.85. The van der Waals surface area contributed by atoms with Gasteiger partial charge in [-0.1, -0.05) is 47.2 Å². The summed E-state index contributed by atoms with van der Waals surface area (Å²) in [6.07, 6.45) is 5.60. The number of hydrogen-bond acceptors (Lipinski definition) is 5. The lowest BCUT2D eigenvalue weighted by molar-refractivity contribution is 0.0960. The van der Waals surface area contributed by atoms with Crippen molar-refractivity contribution in [2.75, 3.05) is 13.1 Å². The number of ketones is 1. The van der Waals surface area contributed by atoms with Crippen molar-refractivity contribution in [3.05, 3.63) is 83.0 Å². The number of fused-ring (bicyclic) bond motifs is 1. The SMILES string of the molecule is Cc1ccc(CN2CCC(CCC(=O)c3cccc(-n4nnc5cccnc54)c3C)CC2)cc1. The van der Waals surface area contributed by atoms with Crippen LogP contribution in [0.1, 0.15) is 52.7 Å². The Labute approximate surface area is 200 Å². The number of carbonyl (C=O) groups is 1. The minimum absolute atomic E-state index is 0.207. The molecule has 6 nitrogen and oxygen atoms in total. The van der Waals surface area contributed by atoms with E-state index in [0.29, 0.717) is 18.0 Å². The van der Waals surface area contributed by atoms with Gasteiger partial charge < -0.3 is 0 Å². The number of aryl methyl sites for hydroxylation is 1. The van der Waals surface area contributed by atoms with Gasteiger partial charge in [0.15, 0.2) is 11.4 Å². The number of piperidine rings is 1. The van der Waals surface area contributed by atoms with Gasteiger partial charge in [-0.3, -0.25) is 9.69 Å². The summed E-state index contributed by atoms with van der Waals surface area (Å²) in [4.78, 5) is 20.1. The first-order chi connectivity index (χ1) is 16.6. The summed E-state index contributed by atoms with van der Waals surface area (Å²) in [5, 5.41) is 8.48. The molecule has 0 saturated carbocycles. The van der Waals surface area contributed by atoms with Crippen LogP contribution in [-0.4, -0.2) is 43.8 Å². The van der Waals surface area contributed by atoms with Gasteiger partial charge in [-0.15, -0.1) is 5.10 Å². The Bertz CT molecular complexity index is 1290. The molecule has 6 heteroatoms. The third-order valence-corrected chi connectivity index (χ3v) is 7.06. The number of nitrogens with zero attached hydrogens (tertiary/aromatic N) is 5. The quantitative estimate of drug-likeness (QED) is 0.355. The van der Waals surface area contributed by atoms with E-state index in [2.05, 4.69) is 51.4 Å². The van der Waals surface area contributed by atoms with Crippen molar-refractivity contribution in [1.29, 1.82) is 0 Å². The summed E-state index contributed by atoms with van der Waals surface area (Å²) in [6, 6.07) is 18.4. The van der Waals surface area contributed by atoms with E-state index in [-0.39, 0.29) is 5.78 Å². The molecule has 2 aromatic carbocycles. The third-order valence-electron chi connectivity index (χ3n) is 7.06. The second-order valence-corrected chi connectivity index (χ2v) is 9.46. The van der Waals surface area contributed by atoms with Crippen LogP contribution < -0.4 is 0 Å². The molecule has 1 saturated heterocycles. The van der Waals surface area contributed by atoms with Crippen molar-refractivity contribution in [2.24, 2.45) is 5.92 Å². The number of hydrogen-bond donors (Lipinski definition) is 0. The third kappa shape index (κ3) is 4.77. The van der Waals surface area contributed by atoms with Gasteiger partial charge in [0, 0.05) is 24.7 Å². The van der Waals surface area contributed by atoms with Crippen LogP contribution in [0.2, 0.25) is 0 Å². The Morgan fingerprint density at radius 2 is 1.79 bits per heavy atom. The van der Waals surface area contributed by atoms with Crippen LogP contribution in [0, 0.1) is 19.8 Å². The van der Waals surface area contributed by atoms with Crippen molar-refractivity contribution in [1.82, 2.24) is 24.9 Å². The lowest BCUT2D eigenvalue weighted by atomic mass is 9.89. The van der Waals surface area contributed by atoms with E-state index < -0.39 is 0 Å². The zero-order valence-corrected chi connectivity index (χ0v) is 19.9. The standard InChI is InChI=1S/C28H31N5O/c1-20-8-10-23(11-9-20)19-32-17-14-22(15-18-32)12-13-27(34)24-5-3-7-26(21(24)2)33-28-25(30-31-33)6-4-16-29-28/h3-11,16,22H,12-15,17-19H2,1-2H3. The molecule has 1 aliphatic heterocycles. The molecule has 0 spiro atoms. The number of likely N-dealkylation sites (tertiary alicyclic amines) is 1. The Hall–Kier alpha value is -3.38. The Kier molecular flexibility index (Phi) is 6.50. The fourth-order valence-corrected chi connectivity index (χ4v) is 4.94. The summed E-state index contributed by atoms with van der Waals surface area (Å²) >= 11 is 0. The average Bonchev–Trinajstić information content (AvgIpc) is 3.29. The van der Waals surface area contributed by atoms with Crippen LogP contribution in [0.4, 0.5) is 0 Å². The number of benzene rings is 2. The molecule has 4 aromatic rings. The van der Waals surface area contributed by atoms with Gasteiger partial charge in [-0.25, -0.2) is 4.98 Å². The maximum absolute atomic E-state index is 13.2. The van der Waals surface area contributed by atoms with Gasteiger partial charge >= 0.3 is 0 Å². The Morgan fingerprint density at radius 1 is 1.00 bits per heavy atom. The van der Waals surface area contributed by atoms with E-state index in [1.54, 1.807) is 10.9 Å². The minimum Gasteiger partial charge on any atom is -0.299 e. The van der Waals surface area contributed by atoms with Gasteiger partial charge in [-0.05, 0) is 81.4 Å². The van der Waals surface area contributed by atoms with Crippen LogP contribution >= 0.6 is 0 Å². The molecule has 0 radical (unpaired) electrons. The number of rotatable bonds is 7. The van der Waals surface area contributed by atoms with Crippen molar-refractivity contribution in [2.45, 2.75) is 46.1 Å². The van der Waals surface area contributed by atoms with Crippen LogP contribution in [0.15, 0.2) is 60.8 Å². The average molecular weight is 454 g/mol. The van der Waals surface area contributed by atoms with Gasteiger partial charge in [0.1, 0.15) is 5.52 Å². The molecule has 2 aromatic heterocycles. The highest BCUT2D eigenvalue weighted by Gasteiger charge is 2.21. The number of pyridine rings is 1. The van der Waals surface area contributed by atoms with Gasteiger partial charge in [-0.2, -0.15) is 4.68 Å². The molecule has 0 bridgehead atoms. The Morgan fingerprint density at radius 3 is 2.59 bits per heavy atom. The topological polar surface area (TPSA) is 63.9 Å². The van der Waals surface area contributed by atoms with Crippen LogP contribution in [-0.2, 0) is 6.54 Å². The van der Waals surface area contributed by atoms with Crippen LogP contribution in [0.25, 0.3) is 16.9 Å². The van der Waals surface area contributed by atoms with Crippen molar-refractivity contribution in [3.8, 4) is 5.69 Å². The highest BCUT2D eigenvalue weighted by Crippen LogP contribution is 2.26. The summed E-state index contributed by atoms with van der Waals surface area (Å²) in [5.41, 5.74) is 6.69. The predicted molar refractivity (Wildman–Crippen MR) is 134 cm³/mol. The number of carbonyl (C=O) groups excluding carboxylic acids is 1. The number of Topliss-reactive ketones (excluding diaryl/α,β-unsaturated/α-hetero) is 1. The molecule has 0 unspecified atom stereocenters. The van der Waals surface area contributed by atoms with E-state index in [9.17, 15) is 4.79 Å². The molecule has 0 amide bonds. The zero-order valence-electron chi connectivity index (χ0n) is 19.9. The van der Waals surface area contributed by atoms with Gasteiger partial charge in [0.2, 0.25) is 0 Å². The predicted octanol–water partition coefficient (Wildman–Crippen LogP) is 5.31. The Balaban J connectivity index is 1.19. The van der Waals surface area contributed by atoms with Gasteiger partial charge in [0.25, 0.3) is 0 Å². The number of aromatic nitrogens is 4. The molecule has 0 N–H and O–H groups in total. The minimum atomic E-state index is 0.207. The lowest BCUT2D eigenvalue weighted by Gasteiger charge is -2.32. The van der Waals surface area contributed by atoms with Crippen LogP contribution in [0.3, 0.4) is 0 Å². The van der Waals surface area contributed by atoms with E-state index in [4.69, 9.17) is 0 Å². The van der Waals surface area contributed by atoms with E-state index in [1.807, 2.05) is 37.3 Å². The van der Waals surface area contributed by atoms with E-state index >= 15 is 0 Å². The molecule has 34 heavy (non-hydrogen) atoms. The molecule has 3 heterocycles. The summed E-state index contributed by atoms with van der Waals surface area (Å²) in [5.74, 6) is 0.823. The van der Waals surface area contributed by atoms with Crippen molar-refractivity contribution >= 4 is 16.9 Å². The fourth-order valence-electron chi connectivity index (χ4n) is 4.94. The molecule has 5 rings (SSSR count). The molecular formula is C28H31N5O. The largest absolute Gasteiger partial charge is 0.299 e. The summed E-state index contributed by atoms with van der Waals surface area (Å²) in [6.45, 7) is 7.34. The molecular weight excluding hydrogens is 422 g/mol. The first kappa shape index (κ1) is 22.4. The maximum Gasteiger partial charge on any atom is 0.183 e. The molecule has 1 aliphatic rings. The zero-order chi connectivity index (χ0) is 23.5. The smallest absolute Gasteiger partial charge is 0.183 e. The summed E-state index contributed by atoms with van der Waals surface area (Å²) in [7, 11) is 0. The highest BCUT2D eigenvalue weighted by atomic mass is 16.1. The van der Waals surface area contributed by atoms with E-state index in [1.165, 1.54) is 11.1 Å². The molecule has 0 atom stereocenters. The van der Waals surface area contributed by atoms with Crippen LogP contribution in [0.5, 0.6) is 0 Å². The maximum atomic E-state index is 13.2. The molecule has 174 valence electrons. The fraction of sp³-hybridized carbons (Fsp3) is 0.357. The molecule has 0 aliphatic carbocycles. The van der Waals surface area contributed by atoms with Crippen molar-refractivity contribution < 1.29 is 4.79 Å². The monoisotopic (exact) mass is 453 g/mol. The first-order valence-corrected chi connectivity index (χ1v) is 12.2. The lowest BCUT2D eigenvalue weighted by Crippen LogP contribution is -2.33. The second-order valence-electron chi connectivity index (χ2n) is 9.46. The highest BCUT2D eigenvalue weighted by molar-refractivity contribution is 5.98. The first-order valence-electron chi connectivity index (χ1n) is 12.2.